The van der Waals surface area contributed by atoms with Gasteiger partial charge in [-0.05, 0) is 56.8 Å². The van der Waals surface area contributed by atoms with Crippen LogP contribution in [0.2, 0.25) is 0 Å². The Labute approximate surface area is 138 Å². The number of para-hydroxylation sites is 1. The molecule has 5 heteroatoms. The summed E-state index contributed by atoms with van der Waals surface area (Å²) in [5.41, 5.74) is 6.80. The summed E-state index contributed by atoms with van der Waals surface area (Å²) in [6.45, 7) is 6.80. The van der Waals surface area contributed by atoms with Gasteiger partial charge in [0.15, 0.2) is 5.60 Å². The minimum absolute atomic E-state index is 0.0615. The maximum Gasteiger partial charge on any atom is 0.271 e. The van der Waals surface area contributed by atoms with Crippen LogP contribution in [0.4, 0.5) is 11.4 Å². The van der Waals surface area contributed by atoms with Crippen molar-refractivity contribution in [3.63, 3.8) is 0 Å². The maximum absolute atomic E-state index is 13.2. The van der Waals surface area contributed by atoms with E-state index in [4.69, 9.17) is 10.5 Å². The molecule has 23 heavy (non-hydrogen) atoms. The van der Waals surface area contributed by atoms with Gasteiger partial charge in [0.05, 0.1) is 5.69 Å². The van der Waals surface area contributed by atoms with Crippen LogP contribution < -0.4 is 20.7 Å². The molecule has 0 aliphatic carbocycles. The average Bonchev–Trinajstić information content (AvgIpc) is 2.58. The molecule has 3 rings (SSSR count). The van der Waals surface area contributed by atoms with Crippen molar-refractivity contribution in [3.05, 3.63) is 18.2 Å². The lowest BCUT2D eigenvalue weighted by Crippen LogP contribution is -2.57. The lowest BCUT2D eigenvalue weighted by atomic mass is 9.90. The van der Waals surface area contributed by atoms with Gasteiger partial charge < -0.3 is 20.7 Å². The Balaban J connectivity index is 1.98. The molecule has 1 saturated heterocycles. The van der Waals surface area contributed by atoms with Gasteiger partial charge in [0.2, 0.25) is 0 Å². The molecule has 126 valence electrons. The van der Waals surface area contributed by atoms with E-state index in [0.717, 1.165) is 43.9 Å². The number of benzene rings is 1. The Hall–Kier alpha value is -1.75. The summed E-state index contributed by atoms with van der Waals surface area (Å²) in [6, 6.07) is 5.66. The minimum Gasteiger partial charge on any atom is -0.475 e. The molecule has 0 unspecified atom stereocenters. The first-order valence-corrected chi connectivity index (χ1v) is 8.71. The molecule has 5 nitrogen and oxygen atoms in total. The number of nitrogens with two attached hydrogens (primary N) is 1. The second kappa shape index (κ2) is 6.40. The molecule has 1 fully saturated rings. The summed E-state index contributed by atoms with van der Waals surface area (Å²) in [4.78, 5) is 15.1. The van der Waals surface area contributed by atoms with E-state index in [1.54, 1.807) is 0 Å². The van der Waals surface area contributed by atoms with E-state index in [-0.39, 0.29) is 5.91 Å². The van der Waals surface area contributed by atoms with Crippen molar-refractivity contribution in [3.8, 4) is 5.75 Å². The fourth-order valence-corrected chi connectivity index (χ4v) is 3.71. The van der Waals surface area contributed by atoms with Crippen molar-refractivity contribution in [1.29, 1.82) is 0 Å². The van der Waals surface area contributed by atoms with Crippen LogP contribution in [0, 0.1) is 5.92 Å². The number of hydrogen-bond acceptors (Lipinski definition) is 4. The fraction of sp³-hybridized carbons (Fsp3) is 0.611. The van der Waals surface area contributed by atoms with Gasteiger partial charge in [-0.2, -0.15) is 0 Å². The summed E-state index contributed by atoms with van der Waals surface area (Å²) in [7, 11) is 0. The highest BCUT2D eigenvalue weighted by molar-refractivity contribution is 6.05. The van der Waals surface area contributed by atoms with E-state index in [9.17, 15) is 4.79 Å². The number of nitrogen functional groups attached to an aromatic ring is 1. The zero-order valence-electron chi connectivity index (χ0n) is 14.1. The van der Waals surface area contributed by atoms with Crippen molar-refractivity contribution in [2.75, 3.05) is 30.3 Å². The van der Waals surface area contributed by atoms with E-state index in [0.29, 0.717) is 24.4 Å². The molecule has 0 aromatic heterocycles. The molecule has 0 spiro atoms. The number of carbonyl (C=O) groups excluding carboxylic acids is 1. The van der Waals surface area contributed by atoms with E-state index in [1.807, 2.05) is 36.9 Å². The maximum atomic E-state index is 13.2. The highest BCUT2D eigenvalue weighted by Crippen LogP contribution is 2.44. The lowest BCUT2D eigenvalue weighted by Gasteiger charge is -2.43. The summed E-state index contributed by atoms with van der Waals surface area (Å²) < 4.78 is 6.15. The number of hydrogen-bond donors (Lipinski definition) is 2. The van der Waals surface area contributed by atoms with Gasteiger partial charge in [-0.3, -0.25) is 4.79 Å². The number of anilines is 2. The van der Waals surface area contributed by atoms with E-state index < -0.39 is 5.60 Å². The van der Waals surface area contributed by atoms with Crippen molar-refractivity contribution < 1.29 is 9.53 Å². The predicted octanol–water partition coefficient (Wildman–Crippen LogP) is 2.55. The summed E-state index contributed by atoms with van der Waals surface area (Å²) >= 11 is 0. The second-order valence-corrected chi connectivity index (χ2v) is 6.61. The van der Waals surface area contributed by atoms with Gasteiger partial charge >= 0.3 is 0 Å². The van der Waals surface area contributed by atoms with Gasteiger partial charge in [-0.25, -0.2) is 0 Å². The van der Waals surface area contributed by atoms with E-state index >= 15 is 0 Å². The quantitative estimate of drug-likeness (QED) is 0.838. The third-order valence-corrected chi connectivity index (χ3v) is 5.28. The van der Waals surface area contributed by atoms with Gasteiger partial charge in [0.25, 0.3) is 5.91 Å². The minimum atomic E-state index is -0.756. The number of piperidine rings is 1. The first-order valence-electron chi connectivity index (χ1n) is 8.71. The highest BCUT2D eigenvalue weighted by atomic mass is 16.5. The number of amides is 1. The molecular formula is C18H27N3O2. The molecule has 2 aliphatic rings. The summed E-state index contributed by atoms with van der Waals surface area (Å²) in [5.74, 6) is 1.31. The smallest absolute Gasteiger partial charge is 0.271 e. The van der Waals surface area contributed by atoms with Crippen molar-refractivity contribution in [2.45, 2.75) is 45.1 Å². The largest absolute Gasteiger partial charge is 0.475 e. The Bertz CT molecular complexity index is 578. The van der Waals surface area contributed by atoms with Crippen LogP contribution >= 0.6 is 0 Å². The number of rotatable bonds is 4. The molecule has 0 atom stereocenters. The molecule has 1 aromatic carbocycles. The molecule has 2 aliphatic heterocycles. The zero-order chi connectivity index (χ0) is 16.4. The number of fused-ring (bicyclic) bond motifs is 1. The standard InChI is InChI=1S/C18H27N3O2/c1-3-18(4-2)17(22)21(12-13-8-10-20-11-9-13)16-14(19)6-5-7-15(16)23-18/h5-7,13,20H,3-4,8-12,19H2,1-2H3. The summed E-state index contributed by atoms with van der Waals surface area (Å²) in [5, 5.41) is 3.38. The molecule has 0 radical (unpaired) electrons. The number of nitrogens with one attached hydrogen (secondary N) is 1. The normalized spacial score (nSPS) is 21.0. The van der Waals surface area contributed by atoms with Gasteiger partial charge in [-0.15, -0.1) is 0 Å². The molecule has 1 aromatic rings. The van der Waals surface area contributed by atoms with Crippen molar-refractivity contribution in [1.82, 2.24) is 5.32 Å². The van der Waals surface area contributed by atoms with E-state index in [2.05, 4.69) is 5.32 Å². The number of ether oxygens (including phenoxy) is 1. The van der Waals surface area contributed by atoms with E-state index in [1.165, 1.54) is 0 Å². The van der Waals surface area contributed by atoms with Gasteiger partial charge in [0.1, 0.15) is 11.4 Å². The molecule has 0 saturated carbocycles. The fourth-order valence-electron chi connectivity index (χ4n) is 3.71. The van der Waals surface area contributed by atoms with Crippen molar-refractivity contribution in [2.24, 2.45) is 5.92 Å². The third kappa shape index (κ3) is 2.78. The highest BCUT2D eigenvalue weighted by Gasteiger charge is 2.46. The first-order chi connectivity index (χ1) is 11.1. The molecule has 2 heterocycles. The molecule has 1 amide bonds. The monoisotopic (exact) mass is 317 g/mol. The Morgan fingerprint density at radius 1 is 1.30 bits per heavy atom. The molecule has 3 N–H and O–H groups in total. The predicted molar refractivity (Wildman–Crippen MR) is 92.7 cm³/mol. The van der Waals surface area contributed by atoms with Crippen LogP contribution in [0.25, 0.3) is 0 Å². The third-order valence-electron chi connectivity index (χ3n) is 5.28. The van der Waals surface area contributed by atoms with Crippen LogP contribution in [-0.4, -0.2) is 31.1 Å². The van der Waals surface area contributed by atoms with Crippen LogP contribution in [0.15, 0.2) is 18.2 Å². The Kier molecular flexibility index (Phi) is 4.48. The van der Waals surface area contributed by atoms with Crippen LogP contribution in [0.1, 0.15) is 39.5 Å². The molecule has 0 bridgehead atoms. The van der Waals surface area contributed by atoms with Gasteiger partial charge in [-0.1, -0.05) is 19.9 Å². The Morgan fingerprint density at radius 2 is 2.00 bits per heavy atom. The SMILES string of the molecule is CCC1(CC)Oc2cccc(N)c2N(CC2CCNCC2)C1=O. The van der Waals surface area contributed by atoms with Crippen LogP contribution in [-0.2, 0) is 4.79 Å². The summed E-state index contributed by atoms with van der Waals surface area (Å²) in [6.07, 6.45) is 3.52. The topological polar surface area (TPSA) is 67.6 Å². The zero-order valence-corrected chi connectivity index (χ0v) is 14.1. The second-order valence-electron chi connectivity index (χ2n) is 6.61. The van der Waals surface area contributed by atoms with Gasteiger partial charge in [0, 0.05) is 6.54 Å². The first kappa shape index (κ1) is 16.1. The lowest BCUT2D eigenvalue weighted by molar-refractivity contribution is -0.136. The van der Waals surface area contributed by atoms with Crippen molar-refractivity contribution >= 4 is 17.3 Å². The van der Waals surface area contributed by atoms with Crippen LogP contribution in [0.5, 0.6) is 5.75 Å². The van der Waals surface area contributed by atoms with Crippen LogP contribution in [0.3, 0.4) is 0 Å². The number of carbonyl (C=O) groups is 1. The molecular weight excluding hydrogens is 290 g/mol. The Morgan fingerprint density at radius 3 is 2.65 bits per heavy atom. The average molecular weight is 317 g/mol. The number of nitrogens with zero attached hydrogens (tertiary/aromatic N) is 1.